The van der Waals surface area contributed by atoms with Gasteiger partial charge >= 0.3 is 0 Å². The van der Waals surface area contributed by atoms with E-state index in [0.717, 1.165) is 54.3 Å². The van der Waals surface area contributed by atoms with Crippen LogP contribution in [0.1, 0.15) is 44.7 Å². The maximum atomic E-state index is 6.53. The first-order valence-corrected chi connectivity index (χ1v) is 13.7. The Balaban J connectivity index is 0.00000172. The molecule has 3 N–H and O–H groups in total. The van der Waals surface area contributed by atoms with Crippen LogP contribution < -0.4 is 11.1 Å². The van der Waals surface area contributed by atoms with E-state index >= 15 is 0 Å². The fraction of sp³-hybridized carbons (Fsp3) is 0.229. The maximum Gasteiger partial charge on any atom is 0.110 e. The Morgan fingerprint density at radius 2 is 1.54 bits per heavy atom. The van der Waals surface area contributed by atoms with Crippen molar-refractivity contribution in [3.05, 3.63) is 114 Å². The Labute approximate surface area is 233 Å². The summed E-state index contributed by atoms with van der Waals surface area (Å²) in [6, 6.07) is 23.0. The number of rotatable bonds is 8. The Bertz CT molecular complexity index is 1380. The van der Waals surface area contributed by atoms with E-state index in [1.54, 1.807) is 0 Å². The van der Waals surface area contributed by atoms with Crippen molar-refractivity contribution < 1.29 is 0 Å². The number of hydrogen-bond acceptors (Lipinski definition) is 4. The first-order valence-electron chi connectivity index (χ1n) is 13.7. The summed E-state index contributed by atoms with van der Waals surface area (Å²) in [5.41, 5.74) is 17.0. The highest BCUT2D eigenvalue weighted by atomic mass is 15.2. The largest absolute Gasteiger partial charge is 0.397 e. The molecular formula is C35H38N4. The molecule has 2 fully saturated rings. The minimum atomic E-state index is 0.681. The van der Waals surface area contributed by atoms with Crippen molar-refractivity contribution in [3.8, 4) is 35.2 Å². The van der Waals surface area contributed by atoms with E-state index in [2.05, 4.69) is 97.2 Å². The van der Waals surface area contributed by atoms with Gasteiger partial charge < -0.3 is 16.0 Å². The van der Waals surface area contributed by atoms with Crippen LogP contribution >= 0.6 is 0 Å². The Morgan fingerprint density at radius 3 is 2.15 bits per heavy atom. The number of benzene rings is 2. The van der Waals surface area contributed by atoms with Crippen LogP contribution in [0.25, 0.3) is 28.1 Å². The van der Waals surface area contributed by atoms with Gasteiger partial charge in [-0.05, 0) is 80.0 Å². The van der Waals surface area contributed by atoms with Gasteiger partial charge in [0.25, 0.3) is 0 Å². The first-order chi connectivity index (χ1) is 19.2. The molecule has 0 amide bonds. The van der Waals surface area contributed by atoms with E-state index in [1.165, 1.54) is 41.7 Å². The minimum absolute atomic E-state index is 0.681. The SMILES string of the molecule is C#C.C=C/C(NC(=C1CC1)c1nc(-c2ccc(-c3ccccc3)cc2)ccc1N)=C(\C=C/C)N1CCCCC1. The number of pyridine rings is 1. The second kappa shape index (κ2) is 13.3. The predicted molar refractivity (Wildman–Crippen MR) is 166 cm³/mol. The van der Waals surface area contributed by atoms with Gasteiger partial charge in [0, 0.05) is 18.7 Å². The molecule has 2 aromatic carbocycles. The molecule has 1 aliphatic heterocycles. The van der Waals surface area contributed by atoms with Gasteiger partial charge in [-0.25, -0.2) is 4.98 Å². The van der Waals surface area contributed by atoms with E-state index in [9.17, 15) is 0 Å². The quantitative estimate of drug-likeness (QED) is 0.238. The normalized spacial score (nSPS) is 15.2. The molecule has 198 valence electrons. The number of likely N-dealkylation sites (tertiary alicyclic amines) is 1. The van der Waals surface area contributed by atoms with Gasteiger partial charge in [-0.1, -0.05) is 67.3 Å². The summed E-state index contributed by atoms with van der Waals surface area (Å²) < 4.78 is 0. The first kappa shape index (κ1) is 27.5. The van der Waals surface area contributed by atoms with Crippen LogP contribution in [0.15, 0.2) is 109 Å². The van der Waals surface area contributed by atoms with Crippen molar-refractivity contribution in [1.82, 2.24) is 15.2 Å². The van der Waals surface area contributed by atoms with Crippen molar-refractivity contribution in [1.29, 1.82) is 0 Å². The van der Waals surface area contributed by atoms with E-state index in [1.807, 2.05) is 24.3 Å². The molecule has 0 atom stereocenters. The lowest BCUT2D eigenvalue weighted by atomic mass is 10.0. The van der Waals surface area contributed by atoms with Crippen LogP contribution in [0.3, 0.4) is 0 Å². The van der Waals surface area contributed by atoms with Gasteiger partial charge in [0.05, 0.1) is 28.5 Å². The van der Waals surface area contributed by atoms with E-state index in [4.69, 9.17) is 10.7 Å². The van der Waals surface area contributed by atoms with Crippen molar-refractivity contribution in [2.45, 2.75) is 39.0 Å². The monoisotopic (exact) mass is 514 g/mol. The molecular weight excluding hydrogens is 476 g/mol. The fourth-order valence-corrected chi connectivity index (χ4v) is 4.94. The van der Waals surface area contributed by atoms with E-state index in [-0.39, 0.29) is 0 Å². The fourth-order valence-electron chi connectivity index (χ4n) is 4.94. The molecule has 5 rings (SSSR count). The average Bonchev–Trinajstić information content (AvgIpc) is 3.85. The summed E-state index contributed by atoms with van der Waals surface area (Å²) >= 11 is 0. The lowest BCUT2D eigenvalue weighted by Crippen LogP contribution is -2.31. The van der Waals surface area contributed by atoms with Crippen LogP contribution in [-0.2, 0) is 0 Å². The zero-order valence-corrected chi connectivity index (χ0v) is 22.9. The number of nitrogens with one attached hydrogen (secondary N) is 1. The van der Waals surface area contributed by atoms with Gasteiger partial charge in [0.2, 0.25) is 0 Å². The highest BCUT2D eigenvalue weighted by Crippen LogP contribution is 2.38. The maximum absolute atomic E-state index is 6.53. The highest BCUT2D eigenvalue weighted by Gasteiger charge is 2.24. The summed E-state index contributed by atoms with van der Waals surface area (Å²) in [5.74, 6) is 0. The van der Waals surface area contributed by atoms with Crippen LogP contribution in [0.4, 0.5) is 5.69 Å². The van der Waals surface area contributed by atoms with Crippen molar-refractivity contribution in [3.63, 3.8) is 0 Å². The Morgan fingerprint density at radius 1 is 0.897 bits per heavy atom. The third kappa shape index (κ3) is 6.69. The zero-order chi connectivity index (χ0) is 27.6. The lowest BCUT2D eigenvalue weighted by molar-refractivity contribution is 0.290. The van der Waals surface area contributed by atoms with Gasteiger partial charge in [-0.3, -0.25) is 0 Å². The van der Waals surface area contributed by atoms with Crippen LogP contribution in [0.2, 0.25) is 0 Å². The number of hydrogen-bond donors (Lipinski definition) is 2. The summed E-state index contributed by atoms with van der Waals surface area (Å²) in [6.45, 7) is 8.36. The summed E-state index contributed by atoms with van der Waals surface area (Å²) in [4.78, 5) is 7.54. The average molecular weight is 515 g/mol. The number of terminal acetylenes is 1. The minimum Gasteiger partial charge on any atom is -0.397 e. The Hall–Kier alpha value is -4.49. The standard InChI is InChI=1S/C33H36N4.C2H2/c1-3-11-31(37-22-9-6-10-23-37)29(4-2)35-32(27-18-19-27)33-28(34)20-21-30(36-33)26-16-14-25(15-17-26)24-12-7-5-8-13-24;1-2/h3-5,7-8,11-17,20-21,35H,2,6,9-10,18-19,22-23,34H2,1H3;1-2H/b11-3-,31-29-;. The smallest absolute Gasteiger partial charge is 0.110 e. The van der Waals surface area contributed by atoms with E-state index < -0.39 is 0 Å². The molecule has 1 aromatic heterocycles. The molecule has 4 nitrogen and oxygen atoms in total. The third-order valence-corrected chi connectivity index (χ3v) is 7.07. The molecule has 2 heterocycles. The Kier molecular flexibility index (Phi) is 9.43. The number of nitrogen functional groups attached to an aromatic ring is 1. The number of piperidine rings is 1. The molecule has 1 saturated heterocycles. The highest BCUT2D eigenvalue weighted by molar-refractivity contribution is 5.79. The molecule has 0 unspecified atom stereocenters. The van der Waals surface area contributed by atoms with Crippen LogP contribution in [0.5, 0.6) is 0 Å². The molecule has 1 saturated carbocycles. The number of anilines is 1. The van der Waals surface area contributed by atoms with Crippen LogP contribution in [0, 0.1) is 12.8 Å². The molecule has 3 aromatic rings. The number of allylic oxidation sites excluding steroid dienone is 4. The van der Waals surface area contributed by atoms with Gasteiger partial charge in [0.1, 0.15) is 5.69 Å². The van der Waals surface area contributed by atoms with E-state index in [0.29, 0.717) is 5.69 Å². The van der Waals surface area contributed by atoms with Gasteiger partial charge in [-0.2, -0.15) is 0 Å². The molecule has 1 aliphatic carbocycles. The number of nitrogens with two attached hydrogens (primary N) is 1. The molecule has 0 radical (unpaired) electrons. The predicted octanol–water partition coefficient (Wildman–Crippen LogP) is 7.80. The van der Waals surface area contributed by atoms with Crippen molar-refractivity contribution >= 4 is 11.4 Å². The lowest BCUT2D eigenvalue weighted by Gasteiger charge is -2.31. The van der Waals surface area contributed by atoms with Crippen molar-refractivity contribution in [2.24, 2.45) is 0 Å². The van der Waals surface area contributed by atoms with Crippen molar-refractivity contribution in [2.75, 3.05) is 18.8 Å². The molecule has 4 heteroatoms. The summed E-state index contributed by atoms with van der Waals surface area (Å²) in [5, 5.41) is 3.72. The van der Waals surface area contributed by atoms with Gasteiger partial charge in [0.15, 0.2) is 0 Å². The molecule has 0 bridgehead atoms. The third-order valence-electron chi connectivity index (χ3n) is 7.07. The number of nitrogens with zero attached hydrogens (tertiary/aromatic N) is 2. The second-order valence-corrected chi connectivity index (χ2v) is 9.73. The van der Waals surface area contributed by atoms with Gasteiger partial charge in [-0.15, -0.1) is 12.8 Å². The second-order valence-electron chi connectivity index (χ2n) is 9.73. The molecule has 0 spiro atoms. The zero-order valence-electron chi connectivity index (χ0n) is 22.9. The topological polar surface area (TPSA) is 54.2 Å². The molecule has 2 aliphatic rings. The summed E-state index contributed by atoms with van der Waals surface area (Å²) in [6.07, 6.45) is 20.1. The molecule has 39 heavy (non-hydrogen) atoms. The summed E-state index contributed by atoms with van der Waals surface area (Å²) in [7, 11) is 0. The van der Waals surface area contributed by atoms with Crippen LogP contribution in [-0.4, -0.2) is 23.0 Å². The number of aromatic nitrogens is 1.